The van der Waals surface area contributed by atoms with Crippen molar-refractivity contribution < 1.29 is 9.90 Å². The summed E-state index contributed by atoms with van der Waals surface area (Å²) in [6.45, 7) is 0. The molecule has 0 aliphatic heterocycles. The van der Waals surface area contributed by atoms with Crippen LogP contribution in [0.2, 0.25) is 0 Å². The number of carbonyl (C=O) groups is 1. The van der Waals surface area contributed by atoms with Crippen molar-refractivity contribution in [3.05, 3.63) is 54.6 Å². The molecule has 0 amide bonds. The first kappa shape index (κ1) is 9.45. The topological polar surface area (TPSA) is 55.1 Å². The van der Waals surface area contributed by atoms with Crippen molar-refractivity contribution in [3.8, 4) is 0 Å². The Morgan fingerprint density at radius 1 is 1.33 bits per heavy atom. The van der Waals surface area contributed by atoms with Crippen LogP contribution >= 0.6 is 0 Å². The zero-order valence-electron chi connectivity index (χ0n) is 7.95. The molecule has 0 spiro atoms. The van der Waals surface area contributed by atoms with Crippen LogP contribution in [0.25, 0.3) is 0 Å². The molecular weight excluding hydrogens is 192 g/mol. The molecule has 0 aromatic carbocycles. The standard InChI is InChI=1S/C11H10N2O2/c14-11(15)10(13-6-1-2-7-13)9-4-3-5-12-8-9/h1-8,10H,(H,14,15). The average Bonchev–Trinajstić information content (AvgIpc) is 2.72. The van der Waals surface area contributed by atoms with Gasteiger partial charge in [0.05, 0.1) is 0 Å². The molecule has 0 radical (unpaired) electrons. The third-order valence-corrected chi connectivity index (χ3v) is 2.16. The van der Waals surface area contributed by atoms with Crippen molar-refractivity contribution in [2.24, 2.45) is 0 Å². The number of hydrogen-bond acceptors (Lipinski definition) is 2. The second-order valence-electron chi connectivity index (χ2n) is 3.16. The number of pyridine rings is 1. The number of carboxylic acid groups (broad SMARTS) is 1. The van der Waals surface area contributed by atoms with Gasteiger partial charge in [0.25, 0.3) is 0 Å². The summed E-state index contributed by atoms with van der Waals surface area (Å²) < 4.78 is 1.64. The van der Waals surface area contributed by atoms with E-state index in [1.807, 2.05) is 0 Å². The summed E-state index contributed by atoms with van der Waals surface area (Å²) >= 11 is 0. The predicted molar refractivity (Wildman–Crippen MR) is 54.4 cm³/mol. The lowest BCUT2D eigenvalue weighted by Crippen LogP contribution is -2.19. The highest BCUT2D eigenvalue weighted by Crippen LogP contribution is 2.17. The lowest BCUT2D eigenvalue weighted by atomic mass is 10.1. The highest BCUT2D eigenvalue weighted by Gasteiger charge is 2.20. The molecule has 0 bridgehead atoms. The van der Waals surface area contributed by atoms with Crippen LogP contribution in [-0.4, -0.2) is 20.6 Å². The Bertz CT molecular complexity index is 437. The summed E-state index contributed by atoms with van der Waals surface area (Å²) in [6.07, 6.45) is 6.65. The Hall–Kier alpha value is -2.10. The smallest absolute Gasteiger partial charge is 0.331 e. The first-order chi connectivity index (χ1) is 7.29. The summed E-state index contributed by atoms with van der Waals surface area (Å²) in [5.41, 5.74) is 0.668. The quantitative estimate of drug-likeness (QED) is 0.821. The van der Waals surface area contributed by atoms with Gasteiger partial charge in [-0.05, 0) is 18.2 Å². The van der Waals surface area contributed by atoms with Gasteiger partial charge in [-0.15, -0.1) is 0 Å². The van der Waals surface area contributed by atoms with Gasteiger partial charge in [0.15, 0.2) is 6.04 Å². The van der Waals surface area contributed by atoms with E-state index in [1.165, 1.54) is 0 Å². The van der Waals surface area contributed by atoms with Crippen LogP contribution in [0.1, 0.15) is 11.6 Å². The van der Waals surface area contributed by atoms with Crippen molar-refractivity contribution in [2.45, 2.75) is 6.04 Å². The van der Waals surface area contributed by atoms with E-state index in [4.69, 9.17) is 5.11 Å². The van der Waals surface area contributed by atoms with Crippen molar-refractivity contribution >= 4 is 5.97 Å². The molecule has 2 aromatic rings. The largest absolute Gasteiger partial charge is 0.479 e. The van der Waals surface area contributed by atoms with Crippen LogP contribution in [0.3, 0.4) is 0 Å². The fourth-order valence-corrected chi connectivity index (χ4v) is 1.50. The van der Waals surface area contributed by atoms with Crippen molar-refractivity contribution in [1.29, 1.82) is 0 Å². The summed E-state index contributed by atoms with van der Waals surface area (Å²) in [6, 6.07) is 6.38. The van der Waals surface area contributed by atoms with Gasteiger partial charge in [-0.1, -0.05) is 6.07 Å². The van der Waals surface area contributed by atoms with E-state index in [0.717, 1.165) is 0 Å². The molecule has 1 atom stereocenters. The first-order valence-corrected chi connectivity index (χ1v) is 4.54. The Morgan fingerprint density at radius 2 is 2.07 bits per heavy atom. The van der Waals surface area contributed by atoms with Gasteiger partial charge in [0, 0.05) is 30.4 Å². The van der Waals surface area contributed by atoms with E-state index in [1.54, 1.807) is 53.6 Å². The molecule has 2 rings (SSSR count). The average molecular weight is 202 g/mol. The summed E-state index contributed by atoms with van der Waals surface area (Å²) in [5, 5.41) is 9.15. The maximum Gasteiger partial charge on any atom is 0.331 e. The fraction of sp³-hybridized carbons (Fsp3) is 0.0909. The van der Waals surface area contributed by atoms with Crippen LogP contribution < -0.4 is 0 Å². The van der Waals surface area contributed by atoms with E-state index >= 15 is 0 Å². The predicted octanol–water partition coefficient (Wildman–Crippen LogP) is 1.56. The van der Waals surface area contributed by atoms with Gasteiger partial charge in [0.2, 0.25) is 0 Å². The summed E-state index contributed by atoms with van der Waals surface area (Å²) in [7, 11) is 0. The first-order valence-electron chi connectivity index (χ1n) is 4.54. The van der Waals surface area contributed by atoms with Crippen molar-refractivity contribution in [3.63, 3.8) is 0 Å². The zero-order valence-corrected chi connectivity index (χ0v) is 7.95. The van der Waals surface area contributed by atoms with E-state index < -0.39 is 12.0 Å². The van der Waals surface area contributed by atoms with Crippen LogP contribution in [0.15, 0.2) is 49.1 Å². The van der Waals surface area contributed by atoms with Crippen LogP contribution in [0, 0.1) is 0 Å². The fourth-order valence-electron chi connectivity index (χ4n) is 1.50. The highest BCUT2D eigenvalue weighted by atomic mass is 16.4. The number of aliphatic carboxylic acids is 1. The minimum atomic E-state index is -0.890. The van der Waals surface area contributed by atoms with E-state index in [0.29, 0.717) is 5.56 Å². The minimum Gasteiger partial charge on any atom is -0.479 e. The molecular formula is C11H10N2O2. The van der Waals surface area contributed by atoms with Crippen LogP contribution in [-0.2, 0) is 4.79 Å². The molecule has 2 aromatic heterocycles. The van der Waals surface area contributed by atoms with Gasteiger partial charge in [-0.25, -0.2) is 4.79 Å². The Labute approximate surface area is 86.8 Å². The second kappa shape index (κ2) is 3.96. The molecule has 0 aliphatic rings. The van der Waals surface area contributed by atoms with Crippen molar-refractivity contribution in [1.82, 2.24) is 9.55 Å². The third-order valence-electron chi connectivity index (χ3n) is 2.16. The number of hydrogen-bond donors (Lipinski definition) is 1. The van der Waals surface area contributed by atoms with Crippen LogP contribution in [0.5, 0.6) is 0 Å². The normalized spacial score (nSPS) is 12.3. The molecule has 0 saturated carbocycles. The van der Waals surface area contributed by atoms with Gasteiger partial charge in [-0.3, -0.25) is 4.98 Å². The maximum absolute atomic E-state index is 11.1. The molecule has 76 valence electrons. The summed E-state index contributed by atoms with van der Waals surface area (Å²) in [5.74, 6) is -0.890. The SMILES string of the molecule is O=C(O)C(c1cccnc1)n1cccc1. The molecule has 4 nitrogen and oxygen atoms in total. The Kier molecular flexibility index (Phi) is 2.49. The lowest BCUT2D eigenvalue weighted by Gasteiger charge is -2.13. The van der Waals surface area contributed by atoms with Gasteiger partial charge < -0.3 is 9.67 Å². The molecule has 0 fully saturated rings. The Morgan fingerprint density at radius 3 is 2.60 bits per heavy atom. The summed E-state index contributed by atoms with van der Waals surface area (Å²) in [4.78, 5) is 15.1. The maximum atomic E-state index is 11.1. The van der Waals surface area contributed by atoms with Crippen LogP contribution in [0.4, 0.5) is 0 Å². The number of nitrogens with zero attached hydrogens (tertiary/aromatic N) is 2. The van der Waals surface area contributed by atoms with Gasteiger partial charge in [0.1, 0.15) is 0 Å². The number of aromatic nitrogens is 2. The highest BCUT2D eigenvalue weighted by molar-refractivity contribution is 5.75. The van der Waals surface area contributed by atoms with E-state index in [2.05, 4.69) is 4.98 Å². The van der Waals surface area contributed by atoms with Gasteiger partial charge >= 0.3 is 5.97 Å². The third kappa shape index (κ3) is 1.88. The molecule has 4 heteroatoms. The molecule has 2 heterocycles. The molecule has 1 N–H and O–H groups in total. The monoisotopic (exact) mass is 202 g/mol. The van der Waals surface area contributed by atoms with E-state index in [9.17, 15) is 4.79 Å². The second-order valence-corrected chi connectivity index (χ2v) is 3.16. The molecule has 0 aliphatic carbocycles. The zero-order chi connectivity index (χ0) is 10.7. The minimum absolute atomic E-state index is 0.668. The molecule has 0 saturated heterocycles. The lowest BCUT2D eigenvalue weighted by molar-refractivity contribution is -0.139. The molecule has 15 heavy (non-hydrogen) atoms. The van der Waals surface area contributed by atoms with E-state index in [-0.39, 0.29) is 0 Å². The number of carboxylic acids is 1. The van der Waals surface area contributed by atoms with Crippen molar-refractivity contribution in [2.75, 3.05) is 0 Å². The Balaban J connectivity index is 2.42. The van der Waals surface area contributed by atoms with Gasteiger partial charge in [-0.2, -0.15) is 0 Å². The molecule has 1 unspecified atom stereocenters. The number of rotatable bonds is 3.